The Labute approximate surface area is 132 Å². The second kappa shape index (κ2) is 7.12. The lowest BCUT2D eigenvalue weighted by Gasteiger charge is -2.18. The molecule has 0 bridgehead atoms. The van der Waals surface area contributed by atoms with Crippen molar-refractivity contribution < 1.29 is 9.53 Å². The van der Waals surface area contributed by atoms with Gasteiger partial charge in [0, 0.05) is 12.3 Å². The number of amides is 1. The van der Waals surface area contributed by atoms with E-state index in [1.807, 2.05) is 45.0 Å². The van der Waals surface area contributed by atoms with Crippen LogP contribution >= 0.6 is 0 Å². The zero-order chi connectivity index (χ0) is 16.1. The first kappa shape index (κ1) is 16.1. The number of primary amides is 1. The van der Waals surface area contributed by atoms with Gasteiger partial charge in [-0.3, -0.25) is 4.79 Å². The quantitative estimate of drug-likeness (QED) is 0.882. The molecule has 2 aromatic carbocycles. The summed E-state index contributed by atoms with van der Waals surface area (Å²) in [5.41, 5.74) is 8.79. The van der Waals surface area contributed by atoms with Crippen molar-refractivity contribution >= 4 is 5.91 Å². The lowest BCUT2D eigenvalue weighted by Crippen LogP contribution is -2.16. The number of ether oxygens (including phenoxy) is 1. The van der Waals surface area contributed by atoms with Crippen LogP contribution in [0.15, 0.2) is 48.5 Å². The van der Waals surface area contributed by atoms with Crippen LogP contribution in [0.1, 0.15) is 42.9 Å². The molecule has 3 heteroatoms. The first-order chi connectivity index (χ1) is 10.5. The summed E-state index contributed by atoms with van der Waals surface area (Å²) in [5.74, 6) is 0.514. The fourth-order valence-electron chi connectivity index (χ4n) is 2.48. The molecule has 0 spiro atoms. The Bertz CT molecular complexity index is 615. The Morgan fingerprint density at radius 1 is 1.00 bits per heavy atom. The molecule has 116 valence electrons. The zero-order valence-corrected chi connectivity index (χ0v) is 13.4. The molecule has 0 heterocycles. The number of rotatable bonds is 6. The van der Waals surface area contributed by atoms with Gasteiger partial charge in [-0.15, -0.1) is 0 Å². The summed E-state index contributed by atoms with van der Waals surface area (Å²) in [4.78, 5) is 11.4. The van der Waals surface area contributed by atoms with E-state index < -0.39 is 0 Å². The lowest BCUT2D eigenvalue weighted by molar-refractivity contribution is -0.118. The van der Waals surface area contributed by atoms with Gasteiger partial charge in [0.15, 0.2) is 0 Å². The van der Waals surface area contributed by atoms with Gasteiger partial charge in [-0.05, 0) is 44.0 Å². The fraction of sp³-hybridized carbons (Fsp3) is 0.316. The highest BCUT2D eigenvalue weighted by atomic mass is 16.5. The van der Waals surface area contributed by atoms with Crippen molar-refractivity contribution in [1.82, 2.24) is 0 Å². The Hall–Kier alpha value is -2.29. The van der Waals surface area contributed by atoms with Gasteiger partial charge >= 0.3 is 0 Å². The molecule has 0 aromatic heterocycles. The second-order valence-electron chi connectivity index (χ2n) is 5.87. The third kappa shape index (κ3) is 4.35. The molecule has 1 atom stereocenters. The standard InChI is InChI=1S/C19H23NO2/c1-13(2)22-17-10-8-16(9-11-17)18(12-19(20)21)15-6-4-14(3)5-7-15/h4-11,13,18H,12H2,1-3H3,(H2,20,21)/t18-/m0/s1. The maximum Gasteiger partial charge on any atom is 0.218 e. The summed E-state index contributed by atoms with van der Waals surface area (Å²) in [6.45, 7) is 6.04. The van der Waals surface area contributed by atoms with Crippen molar-refractivity contribution in [3.63, 3.8) is 0 Å². The molecule has 1 amide bonds. The molecule has 0 unspecified atom stereocenters. The number of aryl methyl sites for hydroxylation is 1. The molecule has 22 heavy (non-hydrogen) atoms. The minimum Gasteiger partial charge on any atom is -0.491 e. The summed E-state index contributed by atoms with van der Waals surface area (Å²) >= 11 is 0. The van der Waals surface area contributed by atoms with Crippen LogP contribution in [0.25, 0.3) is 0 Å². The summed E-state index contributed by atoms with van der Waals surface area (Å²) < 4.78 is 5.66. The van der Waals surface area contributed by atoms with E-state index in [0.717, 1.165) is 16.9 Å². The smallest absolute Gasteiger partial charge is 0.218 e. The number of benzene rings is 2. The monoisotopic (exact) mass is 297 g/mol. The van der Waals surface area contributed by atoms with Gasteiger partial charge in [0.1, 0.15) is 5.75 Å². The van der Waals surface area contributed by atoms with Crippen LogP contribution in [0, 0.1) is 6.92 Å². The van der Waals surface area contributed by atoms with E-state index >= 15 is 0 Å². The SMILES string of the molecule is Cc1ccc([C@H](CC(N)=O)c2ccc(OC(C)C)cc2)cc1. The highest BCUT2D eigenvalue weighted by Crippen LogP contribution is 2.29. The molecule has 2 rings (SSSR count). The van der Waals surface area contributed by atoms with E-state index in [1.54, 1.807) is 0 Å². The van der Waals surface area contributed by atoms with Gasteiger partial charge < -0.3 is 10.5 Å². The van der Waals surface area contributed by atoms with Gasteiger partial charge in [0.2, 0.25) is 5.91 Å². The van der Waals surface area contributed by atoms with Crippen LogP contribution in [0.3, 0.4) is 0 Å². The summed E-state index contributed by atoms with van der Waals surface area (Å²) in [6.07, 6.45) is 0.442. The summed E-state index contributed by atoms with van der Waals surface area (Å²) in [5, 5.41) is 0. The van der Waals surface area contributed by atoms with Crippen molar-refractivity contribution in [3.05, 3.63) is 65.2 Å². The molecule has 0 aliphatic rings. The van der Waals surface area contributed by atoms with Crippen LogP contribution in [0.5, 0.6) is 5.75 Å². The predicted octanol–water partition coefficient (Wildman–Crippen LogP) is 3.79. The molecule has 3 nitrogen and oxygen atoms in total. The molecular weight excluding hydrogens is 274 g/mol. The number of hydrogen-bond acceptors (Lipinski definition) is 2. The molecule has 0 fully saturated rings. The first-order valence-corrected chi connectivity index (χ1v) is 7.57. The highest BCUT2D eigenvalue weighted by Gasteiger charge is 2.17. The van der Waals surface area contributed by atoms with Crippen molar-refractivity contribution in [3.8, 4) is 5.75 Å². The van der Waals surface area contributed by atoms with Gasteiger partial charge in [0.05, 0.1) is 6.10 Å². The number of nitrogens with two attached hydrogens (primary N) is 1. The van der Waals surface area contributed by atoms with Crippen molar-refractivity contribution in [1.29, 1.82) is 0 Å². The zero-order valence-electron chi connectivity index (χ0n) is 13.4. The number of hydrogen-bond donors (Lipinski definition) is 1. The Morgan fingerprint density at radius 2 is 1.50 bits per heavy atom. The molecule has 0 saturated heterocycles. The minimum atomic E-state index is -0.298. The van der Waals surface area contributed by atoms with Crippen LogP contribution in [-0.2, 0) is 4.79 Å². The van der Waals surface area contributed by atoms with E-state index in [1.165, 1.54) is 5.56 Å². The van der Waals surface area contributed by atoms with E-state index in [2.05, 4.69) is 24.3 Å². The molecule has 0 aliphatic carbocycles. The largest absolute Gasteiger partial charge is 0.491 e. The van der Waals surface area contributed by atoms with Crippen LogP contribution in [0.2, 0.25) is 0 Å². The minimum absolute atomic E-state index is 0.0220. The summed E-state index contributed by atoms with van der Waals surface area (Å²) in [6, 6.07) is 16.1. The predicted molar refractivity (Wildman–Crippen MR) is 89.0 cm³/mol. The first-order valence-electron chi connectivity index (χ1n) is 7.57. The van der Waals surface area contributed by atoms with E-state index in [4.69, 9.17) is 10.5 Å². The maximum atomic E-state index is 11.4. The Morgan fingerprint density at radius 3 is 1.95 bits per heavy atom. The van der Waals surface area contributed by atoms with E-state index in [-0.39, 0.29) is 17.9 Å². The molecule has 2 N–H and O–H groups in total. The van der Waals surface area contributed by atoms with Gasteiger partial charge in [-0.2, -0.15) is 0 Å². The average molecular weight is 297 g/mol. The molecular formula is C19H23NO2. The van der Waals surface area contributed by atoms with Crippen LogP contribution in [-0.4, -0.2) is 12.0 Å². The van der Waals surface area contributed by atoms with Crippen LogP contribution < -0.4 is 10.5 Å². The Balaban J connectivity index is 2.28. The highest BCUT2D eigenvalue weighted by molar-refractivity contribution is 5.75. The third-order valence-electron chi connectivity index (χ3n) is 3.54. The van der Waals surface area contributed by atoms with Crippen molar-refractivity contribution in [2.45, 2.75) is 39.2 Å². The molecule has 2 aromatic rings. The molecule has 0 radical (unpaired) electrons. The third-order valence-corrected chi connectivity index (χ3v) is 3.54. The molecule has 0 saturated carbocycles. The fourth-order valence-corrected chi connectivity index (χ4v) is 2.48. The van der Waals surface area contributed by atoms with Gasteiger partial charge in [-0.1, -0.05) is 42.0 Å². The number of carbonyl (C=O) groups excluding carboxylic acids is 1. The molecule has 0 aliphatic heterocycles. The maximum absolute atomic E-state index is 11.4. The van der Waals surface area contributed by atoms with Gasteiger partial charge in [-0.25, -0.2) is 0 Å². The van der Waals surface area contributed by atoms with Crippen molar-refractivity contribution in [2.75, 3.05) is 0 Å². The van der Waals surface area contributed by atoms with E-state index in [9.17, 15) is 4.79 Å². The van der Waals surface area contributed by atoms with Crippen molar-refractivity contribution in [2.24, 2.45) is 5.73 Å². The van der Waals surface area contributed by atoms with Crippen LogP contribution in [0.4, 0.5) is 0 Å². The average Bonchev–Trinajstić information content (AvgIpc) is 2.46. The summed E-state index contributed by atoms with van der Waals surface area (Å²) in [7, 11) is 0. The number of carbonyl (C=O) groups is 1. The lowest BCUT2D eigenvalue weighted by atomic mass is 9.88. The van der Waals surface area contributed by atoms with E-state index in [0.29, 0.717) is 6.42 Å². The Kier molecular flexibility index (Phi) is 5.21. The second-order valence-corrected chi connectivity index (χ2v) is 5.87. The topological polar surface area (TPSA) is 52.3 Å². The van der Waals surface area contributed by atoms with Gasteiger partial charge in [0.25, 0.3) is 0 Å². The normalized spacial score (nSPS) is 12.2.